The highest BCUT2D eigenvalue weighted by atomic mass is 35.5. The summed E-state index contributed by atoms with van der Waals surface area (Å²) < 4.78 is 32.7. The van der Waals surface area contributed by atoms with Crippen LogP contribution in [0.4, 0.5) is 11.4 Å². The summed E-state index contributed by atoms with van der Waals surface area (Å²) in [7, 11) is -3.91. The van der Waals surface area contributed by atoms with E-state index in [2.05, 4.69) is 10.0 Å². The molecule has 2 aromatic rings. The van der Waals surface area contributed by atoms with E-state index >= 15 is 0 Å². The number of ether oxygens (including phenoxy) is 1. The fourth-order valence-electron chi connectivity index (χ4n) is 2.18. The molecule has 0 heterocycles. The molecule has 8 heteroatoms. The van der Waals surface area contributed by atoms with E-state index in [4.69, 9.17) is 16.3 Å². The zero-order valence-electron chi connectivity index (χ0n) is 13.9. The fourth-order valence-corrected chi connectivity index (χ4v) is 3.77. The SMILES string of the molecule is CCNc1ccc(C(=O)OCC)cc1NS(=O)(=O)c1ccccc1Cl. The minimum atomic E-state index is -3.91. The van der Waals surface area contributed by atoms with Gasteiger partial charge in [-0.2, -0.15) is 0 Å². The highest BCUT2D eigenvalue weighted by Crippen LogP contribution is 2.28. The Kier molecular flexibility index (Phi) is 6.27. The summed E-state index contributed by atoms with van der Waals surface area (Å²) >= 11 is 5.99. The van der Waals surface area contributed by atoms with Crippen LogP contribution >= 0.6 is 11.6 Å². The van der Waals surface area contributed by atoms with Crippen molar-refractivity contribution in [3.63, 3.8) is 0 Å². The summed E-state index contributed by atoms with van der Waals surface area (Å²) in [5.74, 6) is -0.524. The van der Waals surface area contributed by atoms with Gasteiger partial charge in [0.05, 0.1) is 28.6 Å². The van der Waals surface area contributed by atoms with Gasteiger partial charge in [-0.25, -0.2) is 13.2 Å². The first-order chi connectivity index (χ1) is 11.9. The number of rotatable bonds is 7. The molecule has 134 valence electrons. The molecule has 0 saturated carbocycles. The Morgan fingerprint density at radius 1 is 1.12 bits per heavy atom. The van der Waals surface area contributed by atoms with Crippen molar-refractivity contribution in [1.29, 1.82) is 0 Å². The second-order valence-electron chi connectivity index (χ2n) is 5.05. The lowest BCUT2D eigenvalue weighted by atomic mass is 10.1. The Balaban J connectivity index is 2.43. The zero-order chi connectivity index (χ0) is 18.4. The van der Waals surface area contributed by atoms with Gasteiger partial charge in [0.25, 0.3) is 10.0 Å². The van der Waals surface area contributed by atoms with Gasteiger partial charge in [-0.15, -0.1) is 0 Å². The second-order valence-corrected chi connectivity index (χ2v) is 7.11. The number of esters is 1. The molecule has 25 heavy (non-hydrogen) atoms. The molecule has 0 aliphatic carbocycles. The van der Waals surface area contributed by atoms with Gasteiger partial charge in [0.15, 0.2) is 0 Å². The molecule has 0 spiro atoms. The third-order valence-electron chi connectivity index (χ3n) is 3.27. The highest BCUT2D eigenvalue weighted by molar-refractivity contribution is 7.92. The molecule has 2 aromatic carbocycles. The van der Waals surface area contributed by atoms with Crippen molar-refractivity contribution >= 4 is 39.0 Å². The van der Waals surface area contributed by atoms with Crippen LogP contribution in [0.5, 0.6) is 0 Å². The molecule has 0 saturated heterocycles. The first kappa shape index (κ1) is 19.1. The molecular weight excluding hydrogens is 364 g/mol. The number of hydrogen-bond donors (Lipinski definition) is 2. The van der Waals surface area contributed by atoms with Gasteiger partial charge in [-0.3, -0.25) is 4.72 Å². The molecule has 0 aliphatic heterocycles. The number of carbonyl (C=O) groups is 1. The predicted molar refractivity (Wildman–Crippen MR) is 98.8 cm³/mol. The average molecular weight is 383 g/mol. The molecule has 0 radical (unpaired) electrons. The van der Waals surface area contributed by atoms with Crippen molar-refractivity contribution < 1.29 is 17.9 Å². The Morgan fingerprint density at radius 3 is 2.48 bits per heavy atom. The summed E-state index contributed by atoms with van der Waals surface area (Å²) in [4.78, 5) is 11.9. The molecule has 0 aliphatic rings. The van der Waals surface area contributed by atoms with Crippen LogP contribution in [0.3, 0.4) is 0 Å². The number of benzene rings is 2. The quantitative estimate of drug-likeness (QED) is 0.712. The minimum Gasteiger partial charge on any atom is -0.462 e. The first-order valence-electron chi connectivity index (χ1n) is 7.71. The molecule has 0 atom stereocenters. The first-order valence-corrected chi connectivity index (χ1v) is 9.57. The average Bonchev–Trinajstić information content (AvgIpc) is 2.56. The van der Waals surface area contributed by atoms with Gasteiger partial charge in [-0.05, 0) is 44.2 Å². The predicted octanol–water partition coefficient (Wildman–Crippen LogP) is 3.75. The summed E-state index contributed by atoms with van der Waals surface area (Å²) in [5, 5.41) is 3.16. The number of carbonyl (C=O) groups excluding carboxylic acids is 1. The van der Waals surface area contributed by atoms with Crippen LogP contribution in [0.2, 0.25) is 5.02 Å². The normalized spacial score (nSPS) is 11.0. The van der Waals surface area contributed by atoms with Crippen molar-refractivity contribution in [1.82, 2.24) is 0 Å². The molecular formula is C17H19ClN2O4S. The minimum absolute atomic E-state index is 0.0411. The summed E-state index contributed by atoms with van der Waals surface area (Å²) in [6, 6.07) is 10.8. The highest BCUT2D eigenvalue weighted by Gasteiger charge is 2.20. The largest absolute Gasteiger partial charge is 0.462 e. The van der Waals surface area contributed by atoms with E-state index in [9.17, 15) is 13.2 Å². The Bertz CT molecular complexity index is 869. The zero-order valence-corrected chi connectivity index (χ0v) is 15.4. The maximum absolute atomic E-state index is 12.6. The van der Waals surface area contributed by atoms with Gasteiger partial charge >= 0.3 is 5.97 Å². The molecule has 2 rings (SSSR count). The number of sulfonamides is 1. The Morgan fingerprint density at radius 2 is 1.84 bits per heavy atom. The molecule has 0 unspecified atom stereocenters. The van der Waals surface area contributed by atoms with Gasteiger partial charge in [0.2, 0.25) is 0 Å². The molecule has 0 aromatic heterocycles. The third-order valence-corrected chi connectivity index (χ3v) is 5.13. The maximum atomic E-state index is 12.6. The van der Waals surface area contributed by atoms with Crippen LogP contribution in [0.25, 0.3) is 0 Å². The van der Waals surface area contributed by atoms with Crippen molar-refractivity contribution in [2.45, 2.75) is 18.7 Å². The van der Waals surface area contributed by atoms with E-state index in [1.165, 1.54) is 18.2 Å². The second kappa shape index (κ2) is 8.22. The van der Waals surface area contributed by atoms with Crippen LogP contribution in [-0.2, 0) is 14.8 Å². The van der Waals surface area contributed by atoms with Gasteiger partial charge in [-0.1, -0.05) is 23.7 Å². The molecule has 0 fully saturated rings. The number of anilines is 2. The maximum Gasteiger partial charge on any atom is 0.338 e. The number of halogens is 1. The topological polar surface area (TPSA) is 84.5 Å². The Labute approximate surface area is 152 Å². The van der Waals surface area contributed by atoms with Crippen LogP contribution in [-0.4, -0.2) is 27.5 Å². The molecule has 0 amide bonds. The molecule has 2 N–H and O–H groups in total. The fraction of sp³-hybridized carbons (Fsp3) is 0.235. The van der Waals surface area contributed by atoms with Gasteiger partial charge < -0.3 is 10.1 Å². The van der Waals surface area contributed by atoms with Gasteiger partial charge in [0, 0.05) is 6.54 Å². The van der Waals surface area contributed by atoms with E-state index in [0.29, 0.717) is 12.2 Å². The number of hydrogen-bond acceptors (Lipinski definition) is 5. The lowest BCUT2D eigenvalue weighted by Crippen LogP contribution is -2.16. The van der Waals surface area contributed by atoms with E-state index in [0.717, 1.165) is 0 Å². The molecule has 0 bridgehead atoms. The van der Waals surface area contributed by atoms with Crippen LogP contribution < -0.4 is 10.0 Å². The Hall–Kier alpha value is -2.25. The van der Waals surface area contributed by atoms with Crippen molar-refractivity contribution in [2.75, 3.05) is 23.2 Å². The number of nitrogens with one attached hydrogen (secondary N) is 2. The van der Waals surface area contributed by atoms with Crippen LogP contribution in [0.1, 0.15) is 24.2 Å². The standard InChI is InChI=1S/C17H19ClN2O4S/c1-3-19-14-10-9-12(17(21)24-4-2)11-15(14)20-25(22,23)16-8-6-5-7-13(16)18/h5-11,19-20H,3-4H2,1-2H3. The lowest BCUT2D eigenvalue weighted by Gasteiger charge is -2.15. The van der Waals surface area contributed by atoms with E-state index in [-0.39, 0.29) is 27.8 Å². The van der Waals surface area contributed by atoms with E-state index < -0.39 is 16.0 Å². The van der Waals surface area contributed by atoms with Crippen molar-refractivity contribution in [3.8, 4) is 0 Å². The van der Waals surface area contributed by atoms with E-state index in [1.54, 1.807) is 31.2 Å². The molecule has 6 nitrogen and oxygen atoms in total. The van der Waals surface area contributed by atoms with E-state index in [1.807, 2.05) is 6.92 Å². The third kappa shape index (κ3) is 4.64. The lowest BCUT2D eigenvalue weighted by molar-refractivity contribution is 0.0526. The van der Waals surface area contributed by atoms with Crippen molar-refractivity contribution in [3.05, 3.63) is 53.1 Å². The summed E-state index contributed by atoms with van der Waals surface area (Å²) in [6.07, 6.45) is 0. The van der Waals surface area contributed by atoms with Crippen LogP contribution in [0, 0.1) is 0 Å². The summed E-state index contributed by atoms with van der Waals surface area (Å²) in [5.41, 5.74) is 1.04. The smallest absolute Gasteiger partial charge is 0.338 e. The van der Waals surface area contributed by atoms with Gasteiger partial charge in [0.1, 0.15) is 4.90 Å². The van der Waals surface area contributed by atoms with Crippen molar-refractivity contribution in [2.24, 2.45) is 0 Å². The summed E-state index contributed by atoms with van der Waals surface area (Å²) in [6.45, 7) is 4.39. The monoisotopic (exact) mass is 382 g/mol. The van der Waals surface area contributed by atoms with Crippen LogP contribution in [0.15, 0.2) is 47.4 Å².